The lowest BCUT2D eigenvalue weighted by Gasteiger charge is -2.38. The van der Waals surface area contributed by atoms with Crippen molar-refractivity contribution < 1.29 is 4.74 Å². The third-order valence-corrected chi connectivity index (χ3v) is 6.09. The molecule has 2 aliphatic rings. The first kappa shape index (κ1) is 17.4. The molecule has 28 heavy (non-hydrogen) atoms. The lowest BCUT2D eigenvalue weighted by Crippen LogP contribution is -2.29. The Kier molecular flexibility index (Phi) is 4.35. The van der Waals surface area contributed by atoms with E-state index in [2.05, 4.69) is 92.0 Å². The van der Waals surface area contributed by atoms with Gasteiger partial charge >= 0.3 is 0 Å². The molecule has 0 fully saturated rings. The molecule has 0 saturated heterocycles. The van der Waals surface area contributed by atoms with Gasteiger partial charge in [0.2, 0.25) is 0 Å². The van der Waals surface area contributed by atoms with Gasteiger partial charge in [-0.3, -0.25) is 0 Å². The molecule has 0 aromatic heterocycles. The number of allylic oxidation sites excluding steroid dienone is 2. The van der Waals surface area contributed by atoms with E-state index in [1.54, 1.807) is 0 Å². The summed E-state index contributed by atoms with van der Waals surface area (Å²) < 4.78 is 6.20. The van der Waals surface area contributed by atoms with Crippen LogP contribution in [0, 0.1) is 11.8 Å². The van der Waals surface area contributed by atoms with E-state index in [0.717, 1.165) is 18.8 Å². The highest BCUT2D eigenvalue weighted by molar-refractivity contribution is 5.87. The number of anilines is 1. The number of nitrogens with one attached hydrogen (secondary N) is 1. The summed E-state index contributed by atoms with van der Waals surface area (Å²) in [5.41, 5.74) is 3.94. The van der Waals surface area contributed by atoms with Gasteiger partial charge < -0.3 is 10.1 Å². The van der Waals surface area contributed by atoms with E-state index in [4.69, 9.17) is 4.74 Å². The molecule has 3 aromatic carbocycles. The summed E-state index contributed by atoms with van der Waals surface area (Å²) >= 11 is 0. The van der Waals surface area contributed by atoms with Crippen LogP contribution in [-0.2, 0) is 0 Å². The van der Waals surface area contributed by atoms with Crippen molar-refractivity contribution in [2.45, 2.75) is 32.2 Å². The number of rotatable bonds is 4. The second-order valence-electron chi connectivity index (χ2n) is 8.47. The average molecular weight is 370 g/mol. The molecule has 0 saturated carbocycles. The van der Waals surface area contributed by atoms with E-state index < -0.39 is 0 Å². The molecule has 3 atom stereocenters. The fraction of sp³-hybridized carbons (Fsp3) is 0.308. The van der Waals surface area contributed by atoms with Crippen molar-refractivity contribution in [3.63, 3.8) is 0 Å². The normalized spacial score (nSPS) is 22.8. The minimum absolute atomic E-state index is 0.280. The zero-order valence-electron chi connectivity index (χ0n) is 16.6. The van der Waals surface area contributed by atoms with Crippen molar-refractivity contribution in [3.8, 4) is 5.75 Å². The number of hydrogen-bond acceptors (Lipinski definition) is 2. The van der Waals surface area contributed by atoms with E-state index in [9.17, 15) is 0 Å². The van der Waals surface area contributed by atoms with Crippen LogP contribution in [0.5, 0.6) is 5.75 Å². The van der Waals surface area contributed by atoms with Crippen LogP contribution in [-0.4, -0.2) is 6.61 Å². The van der Waals surface area contributed by atoms with Crippen LogP contribution in [0.15, 0.2) is 72.8 Å². The summed E-state index contributed by atoms with van der Waals surface area (Å²) in [6.07, 6.45) is 5.86. The first-order valence-electron chi connectivity index (χ1n) is 10.4. The van der Waals surface area contributed by atoms with Crippen LogP contribution in [0.2, 0.25) is 0 Å². The van der Waals surface area contributed by atoms with Gasteiger partial charge in [-0.1, -0.05) is 80.6 Å². The molecule has 1 aliphatic carbocycles. The summed E-state index contributed by atoms with van der Waals surface area (Å²) in [5, 5.41) is 6.55. The van der Waals surface area contributed by atoms with Gasteiger partial charge in [0, 0.05) is 5.92 Å². The Hall–Kier alpha value is -2.74. The second kappa shape index (κ2) is 7.01. The summed E-state index contributed by atoms with van der Waals surface area (Å²) in [5.74, 6) is 2.48. The lowest BCUT2D eigenvalue weighted by atomic mass is 9.76. The fourth-order valence-electron chi connectivity index (χ4n) is 4.80. The maximum atomic E-state index is 6.20. The molecule has 0 bridgehead atoms. The van der Waals surface area contributed by atoms with Crippen molar-refractivity contribution in [2.24, 2.45) is 11.8 Å². The Morgan fingerprint density at radius 3 is 2.64 bits per heavy atom. The SMILES string of the molecule is CC(C)COc1cccc2c1NC(c1cccc3ccccc13)C1CC=CC21. The predicted molar refractivity (Wildman–Crippen MR) is 117 cm³/mol. The molecular weight excluding hydrogens is 342 g/mol. The molecule has 3 aromatic rings. The standard InChI is InChI=1S/C26H27NO/c1-17(2)16-28-24-15-7-14-23-20-11-6-13-22(20)25(27-26(23)24)21-12-5-9-18-8-3-4-10-19(18)21/h3-12,14-15,17,20,22,25,27H,13,16H2,1-2H3. The molecular formula is C26H27NO. The molecule has 3 unspecified atom stereocenters. The van der Waals surface area contributed by atoms with Gasteiger partial charge in [-0.25, -0.2) is 0 Å². The number of fused-ring (bicyclic) bond motifs is 4. The maximum Gasteiger partial charge on any atom is 0.142 e. The average Bonchev–Trinajstić information content (AvgIpc) is 3.21. The van der Waals surface area contributed by atoms with Crippen LogP contribution >= 0.6 is 0 Å². The summed E-state index contributed by atoms with van der Waals surface area (Å²) in [6.45, 7) is 5.12. The van der Waals surface area contributed by atoms with Crippen LogP contribution in [0.25, 0.3) is 10.8 Å². The van der Waals surface area contributed by atoms with Crippen molar-refractivity contribution in [1.29, 1.82) is 0 Å². The molecule has 0 amide bonds. The molecule has 2 nitrogen and oxygen atoms in total. The maximum absolute atomic E-state index is 6.20. The van der Waals surface area contributed by atoms with E-state index in [0.29, 0.717) is 17.8 Å². The van der Waals surface area contributed by atoms with Crippen molar-refractivity contribution in [1.82, 2.24) is 0 Å². The highest BCUT2D eigenvalue weighted by Gasteiger charge is 2.39. The molecule has 1 aliphatic heterocycles. The van der Waals surface area contributed by atoms with E-state index >= 15 is 0 Å². The van der Waals surface area contributed by atoms with Gasteiger partial charge in [0.15, 0.2) is 0 Å². The van der Waals surface area contributed by atoms with E-state index in [1.807, 2.05) is 0 Å². The Labute approximate surface area is 167 Å². The lowest BCUT2D eigenvalue weighted by molar-refractivity contribution is 0.270. The first-order chi connectivity index (χ1) is 13.7. The molecule has 1 N–H and O–H groups in total. The molecule has 0 radical (unpaired) electrons. The number of ether oxygens (including phenoxy) is 1. The van der Waals surface area contributed by atoms with E-state index in [-0.39, 0.29) is 6.04 Å². The Bertz CT molecular complexity index is 1030. The predicted octanol–water partition coefficient (Wildman–Crippen LogP) is 6.70. The van der Waals surface area contributed by atoms with Crippen molar-refractivity contribution in [3.05, 3.63) is 83.9 Å². The van der Waals surface area contributed by atoms with Gasteiger partial charge in [-0.2, -0.15) is 0 Å². The Balaban J connectivity index is 1.61. The third-order valence-electron chi connectivity index (χ3n) is 6.09. The number of benzene rings is 3. The van der Waals surface area contributed by atoms with Crippen molar-refractivity contribution in [2.75, 3.05) is 11.9 Å². The monoisotopic (exact) mass is 369 g/mol. The second-order valence-corrected chi connectivity index (χ2v) is 8.47. The molecule has 142 valence electrons. The minimum atomic E-state index is 0.280. The van der Waals surface area contributed by atoms with E-state index in [1.165, 1.54) is 27.6 Å². The van der Waals surface area contributed by atoms with Gasteiger partial charge in [0.25, 0.3) is 0 Å². The number of hydrogen-bond donors (Lipinski definition) is 1. The molecule has 5 rings (SSSR count). The fourth-order valence-corrected chi connectivity index (χ4v) is 4.80. The highest BCUT2D eigenvalue weighted by atomic mass is 16.5. The largest absolute Gasteiger partial charge is 0.491 e. The molecule has 0 spiro atoms. The zero-order valence-corrected chi connectivity index (χ0v) is 16.6. The van der Waals surface area contributed by atoms with Crippen molar-refractivity contribution >= 4 is 16.5 Å². The molecule has 2 heteroatoms. The topological polar surface area (TPSA) is 21.3 Å². The van der Waals surface area contributed by atoms with Crippen LogP contribution in [0.3, 0.4) is 0 Å². The third kappa shape index (κ3) is 2.88. The summed E-state index contributed by atoms with van der Waals surface area (Å²) in [7, 11) is 0. The quantitative estimate of drug-likeness (QED) is 0.517. The Morgan fingerprint density at radius 2 is 1.75 bits per heavy atom. The van der Waals surface area contributed by atoms with Crippen LogP contribution in [0.1, 0.15) is 43.4 Å². The smallest absolute Gasteiger partial charge is 0.142 e. The first-order valence-corrected chi connectivity index (χ1v) is 10.4. The van der Waals surface area contributed by atoms with Gasteiger partial charge in [-0.15, -0.1) is 0 Å². The summed E-state index contributed by atoms with van der Waals surface area (Å²) in [4.78, 5) is 0. The summed E-state index contributed by atoms with van der Waals surface area (Å²) in [6, 6.07) is 22.2. The zero-order chi connectivity index (χ0) is 19.1. The molecule has 1 heterocycles. The highest BCUT2D eigenvalue weighted by Crippen LogP contribution is 2.52. The Morgan fingerprint density at radius 1 is 0.964 bits per heavy atom. The van der Waals surface area contributed by atoms with Gasteiger partial charge in [0.1, 0.15) is 5.75 Å². The number of para-hydroxylation sites is 1. The van der Waals surface area contributed by atoms with Crippen LogP contribution in [0.4, 0.5) is 5.69 Å². The minimum Gasteiger partial charge on any atom is -0.491 e. The van der Waals surface area contributed by atoms with Gasteiger partial charge in [-0.05, 0) is 46.2 Å². The van der Waals surface area contributed by atoms with Gasteiger partial charge in [0.05, 0.1) is 18.3 Å². The van der Waals surface area contributed by atoms with Crippen LogP contribution < -0.4 is 10.1 Å².